The third kappa shape index (κ3) is 3.10. The molecule has 0 radical (unpaired) electrons. The lowest BCUT2D eigenvalue weighted by Gasteiger charge is -2.13. The molecule has 3 rings (SSSR count). The maximum Gasteiger partial charge on any atom is 0.139 e. The Morgan fingerprint density at radius 3 is 2.36 bits per heavy atom. The Labute approximate surface area is 132 Å². The molecule has 0 amide bonds. The highest BCUT2D eigenvalue weighted by Crippen LogP contribution is 2.21. The molecule has 3 nitrogen and oxygen atoms in total. The first kappa shape index (κ1) is 14.5. The summed E-state index contributed by atoms with van der Waals surface area (Å²) in [6.07, 6.45) is 0. The number of aromatic nitrogens is 3. The van der Waals surface area contributed by atoms with Crippen LogP contribution >= 0.6 is 0 Å². The van der Waals surface area contributed by atoms with Crippen LogP contribution in [0.25, 0.3) is 11.0 Å². The first-order valence-electron chi connectivity index (χ1n) is 7.42. The van der Waals surface area contributed by atoms with Crippen LogP contribution in [0.4, 0.5) is 0 Å². The Balaban J connectivity index is 2.15. The Morgan fingerprint density at radius 1 is 0.955 bits per heavy atom. The highest BCUT2D eigenvalue weighted by Gasteiger charge is 2.16. The monoisotopic (exact) mass is 305 g/mol. The Kier molecular flexibility index (Phi) is 3.82. The average Bonchev–Trinajstić information content (AvgIpc) is 2.92. The van der Waals surface area contributed by atoms with Crippen LogP contribution in [0.5, 0.6) is 0 Å². The molecule has 0 fully saturated rings. The number of fused-ring (bicyclic) bond motifs is 1. The quantitative estimate of drug-likeness (QED) is 0.531. The van der Waals surface area contributed by atoms with Gasteiger partial charge in [0.05, 0.1) is 5.52 Å². The summed E-state index contributed by atoms with van der Waals surface area (Å²) in [5.74, 6) is 3.44. The number of nitrogens with zero attached hydrogens (tertiary/aromatic N) is 3. The van der Waals surface area contributed by atoms with Gasteiger partial charge in [0.25, 0.3) is 0 Å². The number of para-hydroxylation sites is 1. The van der Waals surface area contributed by atoms with Crippen molar-refractivity contribution >= 4 is 19.1 Å². The summed E-state index contributed by atoms with van der Waals surface area (Å²) in [4.78, 5) is 0. The molecular formula is C18H19N3Si. The first-order chi connectivity index (χ1) is 10.5. The van der Waals surface area contributed by atoms with Gasteiger partial charge in [-0.2, -0.15) is 0 Å². The van der Waals surface area contributed by atoms with Gasteiger partial charge in [-0.15, -0.1) is 10.6 Å². The zero-order valence-corrected chi connectivity index (χ0v) is 14.1. The summed E-state index contributed by atoms with van der Waals surface area (Å²) < 4.78 is 1.93. The summed E-state index contributed by atoms with van der Waals surface area (Å²) in [7, 11) is -1.46. The third-order valence-corrected chi connectivity index (χ3v) is 4.22. The fourth-order valence-electron chi connectivity index (χ4n) is 2.28. The summed E-state index contributed by atoms with van der Waals surface area (Å²) in [5, 5.41) is 8.62. The molecule has 1 unspecified atom stereocenters. The van der Waals surface area contributed by atoms with Crippen molar-refractivity contribution in [3.8, 4) is 11.5 Å². The summed E-state index contributed by atoms with van der Waals surface area (Å²) in [5.41, 5.74) is 6.53. The van der Waals surface area contributed by atoms with Crippen molar-refractivity contribution in [1.29, 1.82) is 0 Å². The van der Waals surface area contributed by atoms with E-state index < -0.39 is 8.07 Å². The average molecular weight is 305 g/mol. The van der Waals surface area contributed by atoms with Gasteiger partial charge in [-0.05, 0) is 17.7 Å². The molecule has 0 bridgehead atoms. The normalized spacial score (nSPS) is 12.7. The SMILES string of the molecule is C[Si](C)(C)C#CC(c1ccccc1)n1nnc2ccccc21. The zero-order chi connectivity index (χ0) is 15.6. The van der Waals surface area contributed by atoms with E-state index in [2.05, 4.69) is 53.5 Å². The number of hydrogen-bond acceptors (Lipinski definition) is 2. The van der Waals surface area contributed by atoms with Crippen molar-refractivity contribution in [3.63, 3.8) is 0 Å². The molecule has 1 atom stereocenters. The van der Waals surface area contributed by atoms with Gasteiger partial charge in [-0.25, -0.2) is 4.68 Å². The molecule has 2 aromatic carbocycles. The lowest BCUT2D eigenvalue weighted by Crippen LogP contribution is -2.18. The van der Waals surface area contributed by atoms with E-state index in [0.717, 1.165) is 16.6 Å². The molecule has 0 aliphatic rings. The van der Waals surface area contributed by atoms with Gasteiger partial charge in [0, 0.05) is 0 Å². The van der Waals surface area contributed by atoms with Crippen LogP contribution in [-0.4, -0.2) is 23.1 Å². The largest absolute Gasteiger partial charge is 0.225 e. The predicted molar refractivity (Wildman–Crippen MR) is 93.2 cm³/mol. The molecule has 1 aromatic heterocycles. The van der Waals surface area contributed by atoms with Gasteiger partial charge in [-0.3, -0.25) is 0 Å². The number of rotatable bonds is 2. The Morgan fingerprint density at radius 2 is 1.64 bits per heavy atom. The minimum absolute atomic E-state index is 0.0969. The lowest BCUT2D eigenvalue weighted by atomic mass is 10.1. The van der Waals surface area contributed by atoms with Crippen LogP contribution in [0.15, 0.2) is 54.6 Å². The van der Waals surface area contributed by atoms with Crippen LogP contribution in [0.2, 0.25) is 19.6 Å². The van der Waals surface area contributed by atoms with E-state index in [1.807, 2.05) is 47.1 Å². The van der Waals surface area contributed by atoms with Crippen molar-refractivity contribution < 1.29 is 0 Å². The molecule has 3 aromatic rings. The molecule has 0 saturated heterocycles. The van der Waals surface area contributed by atoms with Gasteiger partial charge in [-0.1, -0.05) is 73.2 Å². The van der Waals surface area contributed by atoms with E-state index in [1.165, 1.54) is 0 Å². The van der Waals surface area contributed by atoms with Gasteiger partial charge in [0.2, 0.25) is 0 Å². The molecule has 0 aliphatic carbocycles. The van der Waals surface area contributed by atoms with E-state index in [4.69, 9.17) is 0 Å². The van der Waals surface area contributed by atoms with E-state index in [-0.39, 0.29) is 6.04 Å². The molecule has 22 heavy (non-hydrogen) atoms. The molecule has 110 valence electrons. The van der Waals surface area contributed by atoms with Gasteiger partial charge >= 0.3 is 0 Å². The van der Waals surface area contributed by atoms with E-state index in [0.29, 0.717) is 0 Å². The van der Waals surface area contributed by atoms with E-state index in [9.17, 15) is 0 Å². The van der Waals surface area contributed by atoms with Crippen LogP contribution in [0.3, 0.4) is 0 Å². The predicted octanol–water partition coefficient (Wildman–Crippen LogP) is 3.90. The fourth-order valence-corrected chi connectivity index (χ4v) is 2.85. The summed E-state index contributed by atoms with van der Waals surface area (Å²) in [6.45, 7) is 6.75. The molecular weight excluding hydrogens is 286 g/mol. The number of hydrogen-bond donors (Lipinski definition) is 0. The molecule has 0 spiro atoms. The van der Waals surface area contributed by atoms with Crippen molar-refractivity contribution in [2.75, 3.05) is 0 Å². The van der Waals surface area contributed by atoms with Crippen LogP contribution in [0, 0.1) is 11.5 Å². The maximum absolute atomic E-state index is 4.35. The highest BCUT2D eigenvalue weighted by molar-refractivity contribution is 6.83. The van der Waals surface area contributed by atoms with Crippen molar-refractivity contribution in [2.24, 2.45) is 0 Å². The molecule has 1 heterocycles. The van der Waals surface area contributed by atoms with Crippen LogP contribution < -0.4 is 0 Å². The topological polar surface area (TPSA) is 30.7 Å². The molecule has 0 saturated carbocycles. The lowest BCUT2D eigenvalue weighted by molar-refractivity contribution is 0.617. The Bertz CT molecular complexity index is 835. The van der Waals surface area contributed by atoms with Crippen molar-refractivity contribution in [1.82, 2.24) is 15.0 Å². The molecule has 0 aliphatic heterocycles. The second-order valence-corrected chi connectivity index (χ2v) is 11.1. The van der Waals surface area contributed by atoms with Crippen LogP contribution in [0.1, 0.15) is 11.6 Å². The van der Waals surface area contributed by atoms with E-state index >= 15 is 0 Å². The smallest absolute Gasteiger partial charge is 0.139 e. The minimum Gasteiger partial charge on any atom is -0.225 e. The molecule has 4 heteroatoms. The summed E-state index contributed by atoms with van der Waals surface area (Å²) in [6, 6.07) is 18.2. The van der Waals surface area contributed by atoms with Crippen molar-refractivity contribution in [3.05, 3.63) is 60.2 Å². The Hall–Kier alpha value is -2.38. The minimum atomic E-state index is -1.46. The van der Waals surface area contributed by atoms with E-state index in [1.54, 1.807) is 0 Å². The third-order valence-electron chi connectivity index (χ3n) is 3.32. The van der Waals surface area contributed by atoms with Crippen molar-refractivity contribution in [2.45, 2.75) is 25.7 Å². The number of benzene rings is 2. The highest BCUT2D eigenvalue weighted by atomic mass is 28.3. The maximum atomic E-state index is 4.35. The summed E-state index contributed by atoms with van der Waals surface area (Å²) >= 11 is 0. The van der Waals surface area contributed by atoms with Crippen LogP contribution in [-0.2, 0) is 0 Å². The fraction of sp³-hybridized carbons (Fsp3) is 0.222. The zero-order valence-electron chi connectivity index (χ0n) is 13.1. The second-order valence-electron chi connectivity index (χ2n) is 6.36. The second kappa shape index (κ2) is 5.78. The first-order valence-corrected chi connectivity index (χ1v) is 10.9. The van der Waals surface area contributed by atoms with Gasteiger partial charge in [0.15, 0.2) is 0 Å². The van der Waals surface area contributed by atoms with Gasteiger partial charge < -0.3 is 0 Å². The molecule has 0 N–H and O–H groups in total. The van der Waals surface area contributed by atoms with Gasteiger partial charge in [0.1, 0.15) is 19.6 Å². The standard InChI is InChI=1S/C18H19N3Si/c1-22(2,3)14-13-17(15-9-5-4-6-10-15)21-18-12-8-7-11-16(18)19-20-21/h4-12,17H,1-3H3.